The van der Waals surface area contributed by atoms with Gasteiger partial charge in [-0.1, -0.05) is 28.9 Å². The normalized spacial score (nSPS) is 17.2. The molecule has 6 heteroatoms. The third-order valence-electron chi connectivity index (χ3n) is 4.01. The highest BCUT2D eigenvalue weighted by atomic mass is 35.5. The summed E-state index contributed by atoms with van der Waals surface area (Å²) in [4.78, 5) is 13.8. The van der Waals surface area contributed by atoms with Gasteiger partial charge in [-0.25, -0.2) is 0 Å². The average Bonchev–Trinajstić information content (AvgIpc) is 3.17. The number of halogens is 1. The molecule has 1 aromatic heterocycles. The molecule has 118 valence electrons. The molecule has 3 rings (SSSR count). The fraction of sp³-hybridized carbons (Fsp3) is 0.353. The predicted molar refractivity (Wildman–Crippen MR) is 85.6 cm³/mol. The summed E-state index contributed by atoms with van der Waals surface area (Å²) in [5.74, 6) is 0.949. The van der Waals surface area contributed by atoms with Crippen LogP contribution in [0.4, 0.5) is 0 Å². The Morgan fingerprint density at radius 1 is 1.43 bits per heavy atom. The molecule has 0 aliphatic carbocycles. The lowest BCUT2D eigenvalue weighted by Gasteiger charge is -2.07. The molecule has 5 nitrogen and oxygen atoms in total. The molecule has 0 saturated carbocycles. The van der Waals surface area contributed by atoms with E-state index in [0.717, 1.165) is 18.5 Å². The zero-order valence-corrected chi connectivity index (χ0v) is 13.3. The predicted octanol–water partition coefficient (Wildman–Crippen LogP) is 3.30. The van der Waals surface area contributed by atoms with Crippen LogP contribution in [0.2, 0.25) is 5.02 Å². The largest absolute Gasteiger partial charge is 0.360 e. The zero-order chi connectivity index (χ0) is 16.2. The van der Waals surface area contributed by atoms with Crippen LogP contribution in [0.25, 0.3) is 11.3 Å². The van der Waals surface area contributed by atoms with E-state index in [1.807, 2.05) is 12.1 Å². The molecule has 0 unspecified atom stereocenters. The lowest BCUT2D eigenvalue weighted by Crippen LogP contribution is -2.16. The molecule has 1 aromatic carbocycles. The summed E-state index contributed by atoms with van der Waals surface area (Å²) in [6.07, 6.45) is 3.74. The Balaban J connectivity index is 1.57. The minimum Gasteiger partial charge on any atom is -0.360 e. The van der Waals surface area contributed by atoms with Gasteiger partial charge in [-0.3, -0.25) is 4.79 Å². The second-order valence-electron chi connectivity index (χ2n) is 5.81. The standard InChI is InChI=1S/C17H16ClN3O2/c18-14-3-1-13(2-4-14)17-9-16(23-20-17)8-15(22)7-12-5-6-21(10-12)11-19/h1-4,9,12H,5-8,10H2/t12-/m1/s1. The Morgan fingerprint density at radius 3 is 2.91 bits per heavy atom. The maximum Gasteiger partial charge on any atom is 0.179 e. The van der Waals surface area contributed by atoms with Gasteiger partial charge in [-0.15, -0.1) is 0 Å². The molecule has 1 saturated heterocycles. The van der Waals surface area contributed by atoms with E-state index in [1.165, 1.54) is 0 Å². The van der Waals surface area contributed by atoms with Crippen molar-refractivity contribution >= 4 is 17.4 Å². The first-order chi connectivity index (χ1) is 11.1. The van der Waals surface area contributed by atoms with Gasteiger partial charge in [0.2, 0.25) is 0 Å². The van der Waals surface area contributed by atoms with Gasteiger partial charge < -0.3 is 9.42 Å². The first kappa shape index (κ1) is 15.6. The van der Waals surface area contributed by atoms with Crippen LogP contribution in [0.15, 0.2) is 34.9 Å². The first-order valence-corrected chi connectivity index (χ1v) is 7.90. The third kappa shape index (κ3) is 3.91. The fourth-order valence-electron chi connectivity index (χ4n) is 2.83. The maximum atomic E-state index is 12.1. The molecule has 23 heavy (non-hydrogen) atoms. The van der Waals surface area contributed by atoms with E-state index in [-0.39, 0.29) is 18.1 Å². The molecule has 1 fully saturated rings. The van der Waals surface area contributed by atoms with Crippen LogP contribution >= 0.6 is 11.6 Å². The average molecular weight is 330 g/mol. The van der Waals surface area contributed by atoms with Gasteiger partial charge in [0.25, 0.3) is 0 Å². The van der Waals surface area contributed by atoms with Crippen molar-refractivity contribution in [1.82, 2.24) is 10.1 Å². The molecular weight excluding hydrogens is 314 g/mol. The number of Topliss-reactive ketones (excluding diaryl/α,β-unsaturated/α-hetero) is 1. The van der Waals surface area contributed by atoms with Crippen molar-refractivity contribution in [3.05, 3.63) is 41.1 Å². The van der Waals surface area contributed by atoms with E-state index in [2.05, 4.69) is 11.3 Å². The van der Waals surface area contributed by atoms with Gasteiger partial charge in [-0.2, -0.15) is 5.26 Å². The maximum absolute atomic E-state index is 12.1. The first-order valence-electron chi connectivity index (χ1n) is 7.52. The quantitative estimate of drug-likeness (QED) is 0.787. The molecule has 0 spiro atoms. The lowest BCUT2D eigenvalue weighted by molar-refractivity contribution is -0.119. The zero-order valence-electron chi connectivity index (χ0n) is 12.5. The summed E-state index contributed by atoms with van der Waals surface area (Å²) in [6.45, 7) is 1.42. The van der Waals surface area contributed by atoms with Crippen LogP contribution < -0.4 is 0 Å². The highest BCUT2D eigenvalue weighted by Crippen LogP contribution is 2.23. The number of rotatable bonds is 5. The van der Waals surface area contributed by atoms with Crippen LogP contribution in [-0.2, 0) is 11.2 Å². The third-order valence-corrected chi connectivity index (χ3v) is 4.27. The summed E-state index contributed by atoms with van der Waals surface area (Å²) < 4.78 is 5.26. The SMILES string of the molecule is N#CN1CC[C@H](CC(=O)Cc2cc(-c3ccc(Cl)cc3)no2)C1. The molecular formula is C17H16ClN3O2. The second kappa shape index (κ2) is 6.84. The number of likely N-dealkylation sites (tertiary alicyclic amines) is 1. The van der Waals surface area contributed by atoms with Crippen LogP contribution in [0.5, 0.6) is 0 Å². The number of hydrogen-bond acceptors (Lipinski definition) is 5. The van der Waals surface area contributed by atoms with Crippen LogP contribution in [0, 0.1) is 17.4 Å². The highest BCUT2D eigenvalue weighted by molar-refractivity contribution is 6.30. The van der Waals surface area contributed by atoms with Gasteiger partial charge in [0.1, 0.15) is 17.2 Å². The van der Waals surface area contributed by atoms with Crippen molar-refractivity contribution in [3.63, 3.8) is 0 Å². The van der Waals surface area contributed by atoms with Gasteiger partial charge >= 0.3 is 0 Å². The smallest absolute Gasteiger partial charge is 0.179 e. The Morgan fingerprint density at radius 2 is 2.22 bits per heavy atom. The highest BCUT2D eigenvalue weighted by Gasteiger charge is 2.24. The van der Waals surface area contributed by atoms with Crippen molar-refractivity contribution in [2.75, 3.05) is 13.1 Å². The minimum atomic E-state index is 0.119. The molecule has 1 atom stereocenters. The lowest BCUT2D eigenvalue weighted by atomic mass is 9.99. The van der Waals surface area contributed by atoms with Crippen molar-refractivity contribution in [3.8, 4) is 17.5 Å². The van der Waals surface area contributed by atoms with E-state index < -0.39 is 0 Å². The topological polar surface area (TPSA) is 70.1 Å². The Bertz CT molecular complexity index is 733. The number of ketones is 1. The van der Waals surface area contributed by atoms with E-state index in [1.54, 1.807) is 23.1 Å². The summed E-state index contributed by atoms with van der Waals surface area (Å²) >= 11 is 5.86. The molecule has 0 amide bonds. The van der Waals surface area contributed by atoms with E-state index in [4.69, 9.17) is 21.4 Å². The number of hydrogen-bond donors (Lipinski definition) is 0. The monoisotopic (exact) mass is 329 g/mol. The van der Waals surface area contributed by atoms with Crippen LogP contribution in [0.1, 0.15) is 18.6 Å². The number of nitrogens with zero attached hydrogens (tertiary/aromatic N) is 3. The van der Waals surface area contributed by atoms with Crippen LogP contribution in [-0.4, -0.2) is 28.9 Å². The van der Waals surface area contributed by atoms with E-state index in [9.17, 15) is 4.79 Å². The summed E-state index contributed by atoms with van der Waals surface area (Å²) in [7, 11) is 0. The molecule has 0 bridgehead atoms. The summed E-state index contributed by atoms with van der Waals surface area (Å²) in [5.41, 5.74) is 1.60. The molecule has 2 aromatic rings. The van der Waals surface area contributed by atoms with Crippen molar-refractivity contribution < 1.29 is 9.32 Å². The fourth-order valence-corrected chi connectivity index (χ4v) is 2.96. The second-order valence-corrected chi connectivity index (χ2v) is 6.24. The number of benzene rings is 1. The molecule has 1 aliphatic heterocycles. The molecule has 1 aliphatic rings. The number of aromatic nitrogens is 1. The van der Waals surface area contributed by atoms with Crippen molar-refractivity contribution in [2.24, 2.45) is 5.92 Å². The van der Waals surface area contributed by atoms with Gasteiger partial charge in [-0.05, 0) is 24.5 Å². The number of carbonyl (C=O) groups is 1. The Kier molecular flexibility index (Phi) is 4.63. The van der Waals surface area contributed by atoms with Gasteiger partial charge in [0, 0.05) is 36.2 Å². The van der Waals surface area contributed by atoms with Crippen LogP contribution in [0.3, 0.4) is 0 Å². The van der Waals surface area contributed by atoms with Gasteiger partial charge in [0.15, 0.2) is 6.19 Å². The van der Waals surface area contributed by atoms with Gasteiger partial charge in [0.05, 0.1) is 6.42 Å². The Hall–Kier alpha value is -2.32. The van der Waals surface area contributed by atoms with Crippen molar-refractivity contribution in [2.45, 2.75) is 19.3 Å². The molecule has 2 heterocycles. The van der Waals surface area contributed by atoms with E-state index >= 15 is 0 Å². The molecule has 0 N–H and O–H groups in total. The minimum absolute atomic E-state index is 0.119. The number of nitriles is 1. The Labute approximate surface area is 139 Å². The summed E-state index contributed by atoms with van der Waals surface area (Å²) in [6, 6.07) is 9.09. The number of carbonyl (C=O) groups excluding carboxylic acids is 1. The molecule has 0 radical (unpaired) electrons. The van der Waals surface area contributed by atoms with E-state index in [0.29, 0.717) is 29.4 Å². The van der Waals surface area contributed by atoms with Crippen molar-refractivity contribution in [1.29, 1.82) is 5.26 Å². The summed E-state index contributed by atoms with van der Waals surface area (Å²) in [5, 5.41) is 13.5.